The van der Waals surface area contributed by atoms with Crippen LogP contribution in [-0.4, -0.2) is 44.1 Å². The third-order valence-corrected chi connectivity index (χ3v) is 6.83. The van der Waals surface area contributed by atoms with E-state index in [0.717, 1.165) is 24.1 Å². The number of carbonyl (C=O) groups is 1. The molecule has 1 aromatic carbocycles. The number of benzene rings is 1. The minimum Gasteiger partial charge on any atom is -0.341 e. The van der Waals surface area contributed by atoms with Crippen LogP contribution in [0.2, 0.25) is 0 Å². The van der Waals surface area contributed by atoms with Gasteiger partial charge in [0.25, 0.3) is 0 Å². The van der Waals surface area contributed by atoms with Crippen molar-refractivity contribution in [2.45, 2.75) is 37.9 Å². The molecule has 0 aromatic heterocycles. The van der Waals surface area contributed by atoms with Gasteiger partial charge in [0.2, 0.25) is 15.9 Å². The minimum absolute atomic E-state index is 0.0433. The zero-order chi connectivity index (χ0) is 15.7. The average Bonchev–Trinajstić information content (AvgIpc) is 2.99. The lowest BCUT2D eigenvalue weighted by Gasteiger charge is -2.34. The largest absolute Gasteiger partial charge is 0.341 e. The Morgan fingerprint density at radius 2 is 2.05 bits per heavy atom. The van der Waals surface area contributed by atoms with E-state index in [1.54, 1.807) is 9.21 Å². The number of sulfonamides is 1. The van der Waals surface area contributed by atoms with Gasteiger partial charge in [-0.15, -0.1) is 0 Å². The molecule has 1 fully saturated rings. The summed E-state index contributed by atoms with van der Waals surface area (Å²) < 4.78 is 27.5. The number of nitrogens with zero attached hydrogens (tertiary/aromatic N) is 2. The lowest BCUT2D eigenvalue weighted by atomic mass is 10.1. The molecule has 0 bridgehead atoms. The highest BCUT2D eigenvalue weighted by Gasteiger charge is 2.38. The molecule has 0 radical (unpaired) electrons. The number of para-hydroxylation sites is 1. The lowest BCUT2D eigenvalue weighted by Crippen LogP contribution is -2.49. The van der Waals surface area contributed by atoms with Crippen molar-refractivity contribution in [1.82, 2.24) is 4.90 Å². The summed E-state index contributed by atoms with van der Waals surface area (Å²) in [5, 5.41) is -0.483. The molecule has 5 nitrogen and oxygen atoms in total. The fourth-order valence-corrected chi connectivity index (χ4v) is 5.37. The number of hydrogen-bond acceptors (Lipinski definition) is 3. The van der Waals surface area contributed by atoms with Crippen LogP contribution in [0.15, 0.2) is 24.3 Å². The van der Waals surface area contributed by atoms with Crippen molar-refractivity contribution in [2.24, 2.45) is 0 Å². The molecule has 0 spiro atoms. The van der Waals surface area contributed by atoms with Gasteiger partial charge < -0.3 is 4.90 Å². The van der Waals surface area contributed by atoms with E-state index < -0.39 is 15.3 Å². The summed E-state index contributed by atoms with van der Waals surface area (Å²) in [5.41, 5.74) is 1.89. The van der Waals surface area contributed by atoms with Gasteiger partial charge in [-0.1, -0.05) is 25.1 Å². The minimum atomic E-state index is -3.41. The second-order valence-electron chi connectivity index (χ2n) is 5.95. The van der Waals surface area contributed by atoms with Crippen molar-refractivity contribution in [1.29, 1.82) is 0 Å². The van der Waals surface area contributed by atoms with Gasteiger partial charge in [-0.2, -0.15) is 0 Å². The van der Waals surface area contributed by atoms with Crippen LogP contribution in [0, 0.1) is 0 Å². The number of anilines is 1. The van der Waals surface area contributed by atoms with Gasteiger partial charge in [-0.3, -0.25) is 9.10 Å². The average molecular weight is 322 g/mol. The predicted octanol–water partition coefficient (Wildman–Crippen LogP) is 1.78. The fraction of sp³-hybridized carbons (Fsp3) is 0.562. The molecular formula is C16H22N2O3S. The Bertz CT molecular complexity index is 672. The number of carbonyl (C=O) groups excluding carboxylic acids is 1. The van der Waals surface area contributed by atoms with Crippen molar-refractivity contribution in [3.63, 3.8) is 0 Å². The maximum absolute atomic E-state index is 13.0. The quantitative estimate of drug-likeness (QED) is 0.852. The van der Waals surface area contributed by atoms with Gasteiger partial charge in [0, 0.05) is 26.1 Å². The highest BCUT2D eigenvalue weighted by Crippen LogP contribution is 2.33. The third kappa shape index (κ3) is 2.60. The van der Waals surface area contributed by atoms with Crippen LogP contribution < -0.4 is 4.31 Å². The van der Waals surface area contributed by atoms with Crippen LogP contribution in [-0.2, 0) is 21.2 Å². The Morgan fingerprint density at radius 3 is 2.82 bits per heavy atom. The molecule has 1 aromatic rings. The van der Waals surface area contributed by atoms with E-state index in [-0.39, 0.29) is 5.91 Å². The summed E-state index contributed by atoms with van der Waals surface area (Å²) >= 11 is 0. The number of amides is 1. The number of rotatable bonds is 3. The fourth-order valence-electron chi connectivity index (χ4n) is 3.38. The first-order valence-electron chi connectivity index (χ1n) is 7.91. The number of likely N-dealkylation sites (tertiary alicyclic amines) is 1. The molecule has 22 heavy (non-hydrogen) atoms. The molecule has 3 rings (SSSR count). The monoisotopic (exact) mass is 322 g/mol. The lowest BCUT2D eigenvalue weighted by molar-refractivity contribution is -0.131. The summed E-state index contributed by atoms with van der Waals surface area (Å²) in [4.78, 5) is 13.6. The topological polar surface area (TPSA) is 57.7 Å². The second-order valence-corrected chi connectivity index (χ2v) is 8.09. The Balaban J connectivity index is 1.83. The van der Waals surface area contributed by atoms with Crippen molar-refractivity contribution in [2.75, 3.05) is 23.9 Å². The smallest absolute Gasteiger partial charge is 0.239 e. The summed E-state index contributed by atoms with van der Waals surface area (Å²) in [7, 11) is -3.41. The van der Waals surface area contributed by atoms with Crippen LogP contribution in [0.1, 0.15) is 31.7 Å². The van der Waals surface area contributed by atoms with Crippen molar-refractivity contribution >= 4 is 21.6 Å². The summed E-state index contributed by atoms with van der Waals surface area (Å²) in [5.74, 6) is 0.0433. The molecule has 0 aliphatic carbocycles. The van der Waals surface area contributed by atoms with Crippen LogP contribution in [0.4, 0.5) is 5.69 Å². The third-order valence-electron chi connectivity index (χ3n) is 4.61. The van der Waals surface area contributed by atoms with Gasteiger partial charge in [-0.25, -0.2) is 8.42 Å². The SMILES string of the molecule is CCC(=O)N1CCC[C@@H](S(=O)(=O)N2CCc3ccccc32)C1. The number of fused-ring (bicyclic) bond motifs is 1. The number of hydrogen-bond donors (Lipinski definition) is 0. The first kappa shape index (κ1) is 15.3. The molecule has 2 heterocycles. The second kappa shape index (κ2) is 5.91. The van der Waals surface area contributed by atoms with Gasteiger partial charge in [0.1, 0.15) is 0 Å². The Labute approximate surface area is 132 Å². The molecular weight excluding hydrogens is 300 g/mol. The van der Waals surface area contributed by atoms with Gasteiger partial charge in [0.05, 0.1) is 10.9 Å². The Morgan fingerprint density at radius 1 is 1.27 bits per heavy atom. The molecule has 2 aliphatic heterocycles. The van der Waals surface area contributed by atoms with Crippen LogP contribution in [0.5, 0.6) is 0 Å². The molecule has 1 atom stereocenters. The van der Waals surface area contributed by atoms with Crippen molar-refractivity contribution < 1.29 is 13.2 Å². The zero-order valence-corrected chi connectivity index (χ0v) is 13.7. The standard InChI is InChI=1S/C16H22N2O3S/c1-2-16(19)17-10-5-7-14(12-17)22(20,21)18-11-9-13-6-3-4-8-15(13)18/h3-4,6,8,14H,2,5,7,9-12H2,1H3/t14-/m1/s1. The van der Waals surface area contributed by atoms with Gasteiger partial charge in [-0.05, 0) is 30.9 Å². The molecule has 0 unspecified atom stereocenters. The predicted molar refractivity (Wildman–Crippen MR) is 86.3 cm³/mol. The highest BCUT2D eigenvalue weighted by molar-refractivity contribution is 7.93. The molecule has 0 saturated carbocycles. The summed E-state index contributed by atoms with van der Waals surface area (Å²) in [6.07, 6.45) is 2.58. The van der Waals surface area contributed by atoms with Crippen molar-refractivity contribution in [3.05, 3.63) is 29.8 Å². The first-order chi connectivity index (χ1) is 10.5. The van der Waals surface area contributed by atoms with E-state index in [0.29, 0.717) is 32.5 Å². The van der Waals surface area contributed by atoms with E-state index >= 15 is 0 Å². The Kier molecular flexibility index (Phi) is 4.12. The van der Waals surface area contributed by atoms with E-state index in [4.69, 9.17) is 0 Å². The van der Waals surface area contributed by atoms with Crippen LogP contribution >= 0.6 is 0 Å². The molecule has 1 saturated heterocycles. The maximum Gasteiger partial charge on any atom is 0.239 e. The van der Waals surface area contributed by atoms with Gasteiger partial charge >= 0.3 is 0 Å². The van der Waals surface area contributed by atoms with Crippen LogP contribution in [0.3, 0.4) is 0 Å². The van der Waals surface area contributed by atoms with Gasteiger partial charge in [0.15, 0.2) is 0 Å². The normalized spacial score (nSPS) is 21.8. The van der Waals surface area contributed by atoms with E-state index in [2.05, 4.69) is 0 Å². The first-order valence-corrected chi connectivity index (χ1v) is 9.41. The van der Waals surface area contributed by atoms with E-state index in [1.807, 2.05) is 31.2 Å². The van der Waals surface area contributed by atoms with Crippen molar-refractivity contribution in [3.8, 4) is 0 Å². The molecule has 2 aliphatic rings. The molecule has 6 heteroatoms. The van der Waals surface area contributed by atoms with E-state index in [9.17, 15) is 13.2 Å². The Hall–Kier alpha value is -1.56. The summed E-state index contributed by atoms with van der Waals surface area (Å²) in [6.45, 7) is 3.33. The molecule has 0 N–H and O–H groups in total. The van der Waals surface area contributed by atoms with E-state index in [1.165, 1.54) is 0 Å². The number of piperidine rings is 1. The highest BCUT2D eigenvalue weighted by atomic mass is 32.2. The van der Waals surface area contributed by atoms with Crippen LogP contribution in [0.25, 0.3) is 0 Å². The molecule has 1 amide bonds. The zero-order valence-electron chi connectivity index (χ0n) is 12.9. The maximum atomic E-state index is 13.0. The molecule has 120 valence electrons. The summed E-state index contributed by atoms with van der Waals surface area (Å²) in [6, 6.07) is 7.67.